The summed E-state index contributed by atoms with van der Waals surface area (Å²) in [6, 6.07) is 27.9. The van der Waals surface area contributed by atoms with Gasteiger partial charge in [0.1, 0.15) is 0 Å². The predicted molar refractivity (Wildman–Crippen MR) is 135 cm³/mol. The van der Waals surface area contributed by atoms with Crippen molar-refractivity contribution in [1.82, 2.24) is 0 Å². The molecule has 0 heterocycles. The van der Waals surface area contributed by atoms with Crippen LogP contribution >= 0.6 is 0 Å². The quantitative estimate of drug-likeness (QED) is 0.463. The number of anilines is 1. The number of nitrogens with one attached hydrogen (secondary N) is 1. The zero-order valence-electron chi connectivity index (χ0n) is 17.5. The molecule has 1 atom stereocenters. The summed E-state index contributed by atoms with van der Waals surface area (Å²) in [7, 11) is 0. The molecule has 4 aliphatic carbocycles. The van der Waals surface area contributed by atoms with E-state index in [1.807, 2.05) is 0 Å². The van der Waals surface area contributed by atoms with Crippen LogP contribution in [0, 0.1) is 5.41 Å². The molecule has 1 heteroatoms. The molecule has 1 unspecified atom stereocenters. The lowest BCUT2D eigenvalue weighted by Crippen LogP contribution is -2.32. The minimum Gasteiger partial charge on any atom is -0.358 e. The van der Waals surface area contributed by atoms with Crippen molar-refractivity contribution in [2.24, 2.45) is 5.41 Å². The number of fused-ring (bicyclic) bond motifs is 8. The molecular formula is C31H21N. The van der Waals surface area contributed by atoms with Crippen LogP contribution in [0.5, 0.6) is 0 Å². The smallest absolute Gasteiger partial charge is 0.0798 e. The predicted octanol–water partition coefficient (Wildman–Crippen LogP) is 7.51. The third-order valence-electron chi connectivity index (χ3n) is 7.04. The van der Waals surface area contributed by atoms with Gasteiger partial charge in [-0.2, -0.15) is 0 Å². The first kappa shape index (κ1) is 17.6. The van der Waals surface area contributed by atoms with Gasteiger partial charge in [-0.25, -0.2) is 0 Å². The third-order valence-corrected chi connectivity index (χ3v) is 7.04. The van der Waals surface area contributed by atoms with Gasteiger partial charge in [0.05, 0.1) is 5.41 Å². The number of benzene rings is 3. The Kier molecular flexibility index (Phi) is 3.54. The van der Waals surface area contributed by atoms with Crippen molar-refractivity contribution in [3.05, 3.63) is 148 Å². The van der Waals surface area contributed by atoms with E-state index in [9.17, 15) is 0 Å². The molecule has 0 aromatic heterocycles. The molecule has 3 aromatic rings. The molecule has 0 bridgehead atoms. The van der Waals surface area contributed by atoms with E-state index in [0.717, 1.165) is 5.69 Å². The van der Waals surface area contributed by atoms with Crippen LogP contribution < -0.4 is 5.32 Å². The van der Waals surface area contributed by atoms with Crippen molar-refractivity contribution in [3.8, 4) is 0 Å². The van der Waals surface area contributed by atoms with E-state index in [1.165, 1.54) is 50.2 Å². The zero-order valence-corrected chi connectivity index (χ0v) is 17.5. The standard InChI is InChI=1S/C31H21N/c1-2-11-23(12-3-1)32-30-17-16-27-25-14-7-5-10-22(25)20-29(27)31(30)18-8-15-26-24-13-6-4-9-21(24)19-28(26)31/h1-20,32H. The molecule has 0 radical (unpaired) electrons. The maximum absolute atomic E-state index is 3.78. The van der Waals surface area contributed by atoms with Gasteiger partial charge < -0.3 is 5.32 Å². The highest BCUT2D eigenvalue weighted by atomic mass is 14.9. The SMILES string of the molecule is C1=CC2(C(Nc3ccccc3)=CC=C3C2=Cc2ccccc23)C2=Cc3ccccc3C2=C1. The van der Waals surface area contributed by atoms with E-state index in [-0.39, 0.29) is 5.41 Å². The lowest BCUT2D eigenvalue weighted by molar-refractivity contribution is 0.701. The van der Waals surface area contributed by atoms with Crippen LogP contribution in [0.3, 0.4) is 0 Å². The summed E-state index contributed by atoms with van der Waals surface area (Å²) in [5.74, 6) is 0. The normalized spacial score (nSPS) is 21.4. The van der Waals surface area contributed by atoms with Crippen molar-refractivity contribution in [3.63, 3.8) is 0 Å². The Labute approximate surface area is 188 Å². The summed E-state index contributed by atoms with van der Waals surface area (Å²) >= 11 is 0. The minimum atomic E-state index is -0.359. The van der Waals surface area contributed by atoms with Crippen LogP contribution in [-0.4, -0.2) is 0 Å². The molecule has 0 saturated carbocycles. The second kappa shape index (κ2) is 6.45. The second-order valence-electron chi connectivity index (χ2n) is 8.69. The molecule has 0 aliphatic heterocycles. The van der Waals surface area contributed by atoms with Crippen LogP contribution in [0.4, 0.5) is 5.69 Å². The van der Waals surface area contributed by atoms with Crippen LogP contribution in [0.2, 0.25) is 0 Å². The molecule has 4 aliphatic rings. The van der Waals surface area contributed by atoms with Gasteiger partial charge in [0.25, 0.3) is 0 Å². The maximum Gasteiger partial charge on any atom is 0.0798 e. The minimum absolute atomic E-state index is 0.359. The highest BCUT2D eigenvalue weighted by molar-refractivity contribution is 6.06. The zero-order chi connectivity index (χ0) is 21.1. The van der Waals surface area contributed by atoms with Crippen LogP contribution in [0.15, 0.2) is 126 Å². The molecule has 1 spiro atoms. The molecular weight excluding hydrogens is 386 g/mol. The Balaban J connectivity index is 1.47. The summed E-state index contributed by atoms with van der Waals surface area (Å²) in [5, 5.41) is 3.78. The number of allylic oxidation sites excluding steroid dienone is 7. The first-order valence-electron chi connectivity index (χ1n) is 11.1. The van der Waals surface area contributed by atoms with Crippen molar-refractivity contribution in [2.45, 2.75) is 0 Å². The van der Waals surface area contributed by atoms with Crippen molar-refractivity contribution in [2.75, 3.05) is 5.32 Å². The van der Waals surface area contributed by atoms with Gasteiger partial charge in [-0.1, -0.05) is 91.0 Å². The molecule has 0 saturated heterocycles. The topological polar surface area (TPSA) is 12.0 Å². The molecule has 0 amide bonds. The van der Waals surface area contributed by atoms with Crippen molar-refractivity contribution in [1.29, 1.82) is 0 Å². The second-order valence-corrected chi connectivity index (χ2v) is 8.69. The van der Waals surface area contributed by atoms with Gasteiger partial charge in [-0.05, 0) is 74.9 Å². The Bertz CT molecular complexity index is 1450. The number of hydrogen-bond donors (Lipinski definition) is 1. The van der Waals surface area contributed by atoms with Crippen molar-refractivity contribution < 1.29 is 0 Å². The van der Waals surface area contributed by atoms with E-state index >= 15 is 0 Å². The van der Waals surface area contributed by atoms with E-state index < -0.39 is 0 Å². The highest BCUT2D eigenvalue weighted by Gasteiger charge is 2.48. The summed E-state index contributed by atoms with van der Waals surface area (Å²) in [4.78, 5) is 0. The fourth-order valence-electron chi connectivity index (χ4n) is 5.61. The number of hydrogen-bond acceptors (Lipinski definition) is 1. The van der Waals surface area contributed by atoms with Crippen molar-refractivity contribution >= 4 is 29.0 Å². The van der Waals surface area contributed by atoms with Gasteiger partial charge in [-0.15, -0.1) is 0 Å². The fraction of sp³-hybridized carbons (Fsp3) is 0.0323. The summed E-state index contributed by atoms with van der Waals surface area (Å²) in [6.07, 6.45) is 16.2. The molecule has 3 aromatic carbocycles. The Hall–Kier alpha value is -4.10. The molecule has 1 N–H and O–H groups in total. The first-order chi connectivity index (χ1) is 15.8. The Morgan fingerprint density at radius 2 is 1.16 bits per heavy atom. The van der Waals surface area contributed by atoms with Crippen LogP contribution in [0.1, 0.15) is 22.3 Å². The monoisotopic (exact) mass is 407 g/mol. The van der Waals surface area contributed by atoms with Gasteiger partial charge in [0, 0.05) is 11.4 Å². The van der Waals surface area contributed by atoms with E-state index in [4.69, 9.17) is 0 Å². The average Bonchev–Trinajstić information content (AvgIpc) is 3.42. The van der Waals surface area contributed by atoms with Crippen LogP contribution in [0.25, 0.3) is 23.3 Å². The lowest BCUT2D eigenvalue weighted by Gasteiger charge is -2.42. The Morgan fingerprint density at radius 3 is 1.84 bits per heavy atom. The van der Waals surface area contributed by atoms with E-state index in [1.54, 1.807) is 0 Å². The summed E-state index contributed by atoms with van der Waals surface area (Å²) in [6.45, 7) is 0. The van der Waals surface area contributed by atoms with Gasteiger partial charge in [-0.3, -0.25) is 0 Å². The molecule has 7 rings (SSSR count). The fourth-order valence-corrected chi connectivity index (χ4v) is 5.61. The maximum atomic E-state index is 3.78. The molecule has 32 heavy (non-hydrogen) atoms. The largest absolute Gasteiger partial charge is 0.358 e. The molecule has 1 nitrogen and oxygen atoms in total. The number of para-hydroxylation sites is 1. The average molecular weight is 408 g/mol. The van der Waals surface area contributed by atoms with Gasteiger partial charge in [0.15, 0.2) is 0 Å². The number of rotatable bonds is 2. The highest BCUT2D eigenvalue weighted by Crippen LogP contribution is 2.61. The third kappa shape index (κ3) is 2.28. The van der Waals surface area contributed by atoms with Gasteiger partial charge in [0.2, 0.25) is 0 Å². The molecule has 0 fully saturated rings. The van der Waals surface area contributed by atoms with E-state index in [0.29, 0.717) is 0 Å². The summed E-state index contributed by atoms with van der Waals surface area (Å²) in [5.41, 5.74) is 12.5. The summed E-state index contributed by atoms with van der Waals surface area (Å²) < 4.78 is 0. The van der Waals surface area contributed by atoms with Gasteiger partial charge >= 0.3 is 0 Å². The Morgan fingerprint density at radius 1 is 0.562 bits per heavy atom. The van der Waals surface area contributed by atoms with E-state index in [2.05, 4.69) is 127 Å². The van der Waals surface area contributed by atoms with Crippen LogP contribution in [-0.2, 0) is 0 Å². The lowest BCUT2D eigenvalue weighted by atomic mass is 9.63. The molecule has 150 valence electrons. The first-order valence-corrected chi connectivity index (χ1v) is 11.1.